The summed E-state index contributed by atoms with van der Waals surface area (Å²) in [4.78, 5) is 22.3. The van der Waals surface area contributed by atoms with E-state index in [1.807, 2.05) is 0 Å². The Bertz CT molecular complexity index is 749. The number of rotatable bonds is 6. The minimum atomic E-state index is -0.578. The van der Waals surface area contributed by atoms with Gasteiger partial charge in [0, 0.05) is 23.7 Å². The Hall–Kier alpha value is -2.64. The molecule has 0 heterocycles. The van der Waals surface area contributed by atoms with E-state index in [0.717, 1.165) is 5.56 Å². The molecule has 0 aliphatic rings. The Morgan fingerprint density at radius 1 is 1.29 bits per heavy atom. The van der Waals surface area contributed by atoms with Crippen LogP contribution in [0.3, 0.4) is 0 Å². The Morgan fingerprint density at radius 3 is 2.50 bits per heavy atom. The molecular formula is C16H16ClN3O4. The second kappa shape index (κ2) is 7.76. The van der Waals surface area contributed by atoms with Gasteiger partial charge in [0.1, 0.15) is 5.69 Å². The maximum atomic E-state index is 11.6. The Labute approximate surface area is 143 Å². The van der Waals surface area contributed by atoms with Crippen molar-refractivity contribution in [2.24, 2.45) is 0 Å². The molecule has 0 radical (unpaired) electrons. The smallest absolute Gasteiger partial charge is 0.293 e. The number of amides is 1. The number of nitrogens with zero attached hydrogens (tertiary/aromatic N) is 1. The van der Waals surface area contributed by atoms with E-state index in [2.05, 4.69) is 10.6 Å². The zero-order chi connectivity index (χ0) is 17.7. The van der Waals surface area contributed by atoms with Crippen LogP contribution in [0.1, 0.15) is 22.0 Å². The van der Waals surface area contributed by atoms with Gasteiger partial charge in [-0.25, -0.2) is 0 Å². The zero-order valence-electron chi connectivity index (χ0n) is 12.8. The molecule has 1 atom stereocenters. The van der Waals surface area contributed by atoms with Gasteiger partial charge in [0.2, 0.25) is 0 Å². The van der Waals surface area contributed by atoms with Crippen LogP contribution < -0.4 is 10.6 Å². The summed E-state index contributed by atoms with van der Waals surface area (Å²) in [7, 11) is 1.45. The predicted octanol–water partition coefficient (Wildman–Crippen LogP) is 2.75. The Kier molecular flexibility index (Phi) is 5.73. The Balaban J connectivity index is 2.34. The van der Waals surface area contributed by atoms with Crippen molar-refractivity contribution in [3.63, 3.8) is 0 Å². The fraction of sp³-hybridized carbons (Fsp3) is 0.188. The summed E-state index contributed by atoms with van der Waals surface area (Å²) >= 11 is 5.84. The van der Waals surface area contributed by atoms with Gasteiger partial charge in [0.15, 0.2) is 0 Å². The van der Waals surface area contributed by atoms with Crippen LogP contribution >= 0.6 is 11.6 Å². The lowest BCUT2D eigenvalue weighted by molar-refractivity contribution is -0.384. The van der Waals surface area contributed by atoms with Gasteiger partial charge in [-0.2, -0.15) is 0 Å². The average Bonchev–Trinajstić information content (AvgIpc) is 2.59. The molecule has 0 bridgehead atoms. The number of carbonyl (C=O) groups excluding carboxylic acids is 1. The molecule has 8 heteroatoms. The average molecular weight is 350 g/mol. The highest BCUT2D eigenvalue weighted by Crippen LogP contribution is 2.29. The fourth-order valence-electron chi connectivity index (χ4n) is 2.21. The molecule has 0 aliphatic carbocycles. The molecule has 126 valence electrons. The minimum Gasteiger partial charge on any atom is -0.394 e. The van der Waals surface area contributed by atoms with Crippen molar-refractivity contribution in [2.45, 2.75) is 6.04 Å². The molecule has 0 aromatic heterocycles. The number of carbonyl (C=O) groups is 1. The lowest BCUT2D eigenvalue weighted by atomic mass is 10.1. The maximum Gasteiger partial charge on any atom is 0.293 e. The van der Waals surface area contributed by atoms with Crippen molar-refractivity contribution >= 4 is 28.9 Å². The summed E-state index contributed by atoms with van der Waals surface area (Å²) < 4.78 is 0. The lowest BCUT2D eigenvalue weighted by Gasteiger charge is -2.18. The highest BCUT2D eigenvalue weighted by Gasteiger charge is 2.20. The van der Waals surface area contributed by atoms with E-state index in [1.54, 1.807) is 24.3 Å². The van der Waals surface area contributed by atoms with E-state index in [4.69, 9.17) is 11.6 Å². The van der Waals surface area contributed by atoms with Gasteiger partial charge < -0.3 is 15.7 Å². The molecule has 0 aliphatic heterocycles. The highest BCUT2D eigenvalue weighted by atomic mass is 35.5. The number of hydrogen-bond acceptors (Lipinski definition) is 5. The molecule has 0 saturated carbocycles. The van der Waals surface area contributed by atoms with Gasteiger partial charge in [-0.05, 0) is 29.8 Å². The van der Waals surface area contributed by atoms with Gasteiger partial charge >= 0.3 is 0 Å². The van der Waals surface area contributed by atoms with E-state index in [1.165, 1.54) is 25.2 Å². The summed E-state index contributed by atoms with van der Waals surface area (Å²) in [5.41, 5.74) is 0.874. The van der Waals surface area contributed by atoms with Crippen LogP contribution in [0, 0.1) is 10.1 Å². The first-order valence-electron chi connectivity index (χ1n) is 7.09. The first-order chi connectivity index (χ1) is 11.5. The fourth-order valence-corrected chi connectivity index (χ4v) is 2.33. The molecule has 3 N–H and O–H groups in total. The standard InChI is InChI=1S/C16H16ClN3O4/c1-18-16(22)11-4-7-13(15(8-11)20(23)24)19-14(9-21)10-2-5-12(17)6-3-10/h2-8,14,19,21H,9H2,1H3,(H,18,22). The maximum absolute atomic E-state index is 11.6. The van der Waals surface area contributed by atoms with Crippen LogP contribution in [-0.4, -0.2) is 29.6 Å². The molecular weight excluding hydrogens is 334 g/mol. The SMILES string of the molecule is CNC(=O)c1ccc(NC(CO)c2ccc(Cl)cc2)c([N+](=O)[O-])c1. The minimum absolute atomic E-state index is 0.182. The van der Waals surface area contributed by atoms with Crippen LogP contribution in [0.5, 0.6) is 0 Å². The quantitative estimate of drug-likeness (QED) is 0.549. The molecule has 1 amide bonds. The van der Waals surface area contributed by atoms with Gasteiger partial charge in [0.05, 0.1) is 17.6 Å². The summed E-state index contributed by atoms with van der Waals surface area (Å²) in [6.07, 6.45) is 0. The third kappa shape index (κ3) is 4.01. The van der Waals surface area contributed by atoms with Crippen molar-refractivity contribution in [1.82, 2.24) is 5.32 Å². The molecule has 0 fully saturated rings. The van der Waals surface area contributed by atoms with Gasteiger partial charge in [-0.15, -0.1) is 0 Å². The van der Waals surface area contributed by atoms with Crippen molar-refractivity contribution in [3.05, 3.63) is 68.7 Å². The molecule has 2 aromatic rings. The monoisotopic (exact) mass is 349 g/mol. The number of benzene rings is 2. The van der Waals surface area contributed by atoms with Crippen LogP contribution in [0.4, 0.5) is 11.4 Å². The van der Waals surface area contributed by atoms with E-state index in [0.29, 0.717) is 5.02 Å². The van der Waals surface area contributed by atoms with Crippen LogP contribution in [-0.2, 0) is 0 Å². The molecule has 24 heavy (non-hydrogen) atoms. The number of nitrogens with one attached hydrogen (secondary N) is 2. The van der Waals surface area contributed by atoms with Crippen molar-refractivity contribution < 1.29 is 14.8 Å². The molecule has 0 saturated heterocycles. The topological polar surface area (TPSA) is 104 Å². The number of anilines is 1. The zero-order valence-corrected chi connectivity index (χ0v) is 13.6. The van der Waals surface area contributed by atoms with Crippen LogP contribution in [0.15, 0.2) is 42.5 Å². The number of nitro benzene ring substituents is 1. The number of aliphatic hydroxyl groups is 1. The molecule has 0 spiro atoms. The van der Waals surface area contributed by atoms with E-state index in [-0.39, 0.29) is 23.5 Å². The molecule has 2 rings (SSSR count). The molecule has 2 aromatic carbocycles. The second-order valence-corrected chi connectivity index (χ2v) is 5.44. The van der Waals surface area contributed by atoms with E-state index < -0.39 is 16.9 Å². The lowest BCUT2D eigenvalue weighted by Crippen LogP contribution is -2.19. The first-order valence-corrected chi connectivity index (χ1v) is 7.47. The van der Waals surface area contributed by atoms with Gasteiger partial charge in [0.25, 0.3) is 11.6 Å². The van der Waals surface area contributed by atoms with Crippen molar-refractivity contribution in [1.29, 1.82) is 0 Å². The number of aliphatic hydroxyl groups excluding tert-OH is 1. The predicted molar refractivity (Wildman–Crippen MR) is 91.4 cm³/mol. The van der Waals surface area contributed by atoms with Crippen molar-refractivity contribution in [2.75, 3.05) is 19.0 Å². The second-order valence-electron chi connectivity index (χ2n) is 5.00. The summed E-state index contributed by atoms with van der Waals surface area (Å²) in [5, 5.41) is 26.8. The normalized spacial score (nSPS) is 11.6. The van der Waals surface area contributed by atoms with Gasteiger partial charge in [-0.1, -0.05) is 23.7 Å². The van der Waals surface area contributed by atoms with E-state index >= 15 is 0 Å². The van der Waals surface area contributed by atoms with Gasteiger partial charge in [-0.3, -0.25) is 14.9 Å². The third-order valence-corrected chi connectivity index (χ3v) is 3.72. The third-order valence-electron chi connectivity index (χ3n) is 3.47. The van der Waals surface area contributed by atoms with Crippen LogP contribution in [0.2, 0.25) is 5.02 Å². The summed E-state index contributed by atoms with van der Waals surface area (Å²) in [6, 6.07) is 10.4. The first kappa shape index (κ1) is 17.7. The number of nitro groups is 1. The molecule has 1 unspecified atom stereocenters. The van der Waals surface area contributed by atoms with Crippen LogP contribution in [0.25, 0.3) is 0 Å². The Morgan fingerprint density at radius 2 is 1.96 bits per heavy atom. The summed E-state index contributed by atoms with van der Waals surface area (Å²) in [6.45, 7) is -0.268. The van der Waals surface area contributed by atoms with Crippen molar-refractivity contribution in [3.8, 4) is 0 Å². The highest BCUT2D eigenvalue weighted by molar-refractivity contribution is 6.30. The largest absolute Gasteiger partial charge is 0.394 e. The summed E-state index contributed by atoms with van der Waals surface area (Å²) in [5.74, 6) is -0.416. The number of halogens is 1. The number of hydrogen-bond donors (Lipinski definition) is 3. The molecule has 7 nitrogen and oxygen atoms in total. The van der Waals surface area contributed by atoms with E-state index in [9.17, 15) is 20.0 Å².